The molecule has 1 atom stereocenters. The van der Waals surface area contributed by atoms with E-state index in [0.717, 1.165) is 19.3 Å². The zero-order valence-electron chi connectivity index (χ0n) is 19.1. The number of amides is 1. The second-order valence-corrected chi connectivity index (χ2v) is 8.08. The average molecular weight is 428 g/mol. The van der Waals surface area contributed by atoms with Gasteiger partial charge in [0.05, 0.1) is 19.1 Å². The smallest absolute Gasteiger partial charge is 0.310 e. The number of hydrogen-bond acceptors (Lipinski definition) is 4. The molecule has 0 radical (unpaired) electrons. The predicted octanol–water partition coefficient (Wildman–Crippen LogP) is 4.54. The van der Waals surface area contributed by atoms with Crippen LogP contribution < -0.4 is 0 Å². The fourth-order valence-electron chi connectivity index (χ4n) is 3.52. The fourth-order valence-corrected chi connectivity index (χ4v) is 3.52. The number of aliphatic hydroxyl groups is 2. The van der Waals surface area contributed by atoms with Crippen LogP contribution in [0.1, 0.15) is 96.8 Å². The van der Waals surface area contributed by atoms with E-state index in [-0.39, 0.29) is 38.6 Å². The van der Waals surface area contributed by atoms with Gasteiger partial charge in [-0.15, -0.1) is 0 Å². The van der Waals surface area contributed by atoms with Crippen LogP contribution in [-0.2, 0) is 9.59 Å². The van der Waals surface area contributed by atoms with Gasteiger partial charge in [0, 0.05) is 19.5 Å². The molecule has 0 spiro atoms. The molecule has 1 unspecified atom stereocenters. The van der Waals surface area contributed by atoms with Crippen LogP contribution in [-0.4, -0.2) is 58.4 Å². The van der Waals surface area contributed by atoms with Crippen molar-refractivity contribution in [3.63, 3.8) is 0 Å². The molecule has 176 valence electrons. The zero-order valence-corrected chi connectivity index (χ0v) is 19.1. The molecule has 0 fully saturated rings. The number of carbonyl (C=O) groups is 2. The van der Waals surface area contributed by atoms with Gasteiger partial charge in [-0.2, -0.15) is 0 Å². The molecule has 0 aliphatic rings. The number of hydrogen-bond donors (Lipinski definition) is 3. The van der Waals surface area contributed by atoms with E-state index in [1.165, 1.54) is 69.1 Å². The van der Waals surface area contributed by atoms with Crippen molar-refractivity contribution in [2.24, 2.45) is 5.92 Å². The van der Waals surface area contributed by atoms with E-state index in [1.807, 2.05) is 6.08 Å². The first-order valence-corrected chi connectivity index (χ1v) is 12.0. The lowest BCUT2D eigenvalue weighted by molar-refractivity contribution is -0.144. The van der Waals surface area contributed by atoms with E-state index >= 15 is 0 Å². The minimum Gasteiger partial charge on any atom is -0.481 e. The number of nitrogens with zero attached hydrogens (tertiary/aromatic N) is 1. The molecule has 0 aromatic carbocycles. The van der Waals surface area contributed by atoms with Gasteiger partial charge >= 0.3 is 5.97 Å². The maximum absolute atomic E-state index is 12.2. The van der Waals surface area contributed by atoms with Gasteiger partial charge in [-0.3, -0.25) is 9.59 Å². The molecule has 0 aromatic heterocycles. The van der Waals surface area contributed by atoms with Gasteiger partial charge < -0.3 is 20.2 Å². The summed E-state index contributed by atoms with van der Waals surface area (Å²) in [5, 5.41) is 27.3. The first kappa shape index (κ1) is 28.6. The molecule has 0 bridgehead atoms. The van der Waals surface area contributed by atoms with Crippen molar-refractivity contribution in [3.05, 3.63) is 12.2 Å². The molecule has 30 heavy (non-hydrogen) atoms. The number of carboxylic acid groups (broad SMARTS) is 1. The predicted molar refractivity (Wildman–Crippen MR) is 121 cm³/mol. The summed E-state index contributed by atoms with van der Waals surface area (Å²) in [5.74, 6) is -2.25. The Balaban J connectivity index is 3.88. The molecule has 0 saturated heterocycles. The van der Waals surface area contributed by atoms with Crippen LogP contribution in [0.15, 0.2) is 12.2 Å². The van der Waals surface area contributed by atoms with E-state index < -0.39 is 11.9 Å². The Morgan fingerprint density at radius 3 is 1.70 bits per heavy atom. The summed E-state index contributed by atoms with van der Waals surface area (Å²) < 4.78 is 0. The number of allylic oxidation sites excluding steroid dienone is 1. The highest BCUT2D eigenvalue weighted by atomic mass is 16.4. The SMILES string of the molecule is CCCCCCCCCCCCCCC=CC(CC(=O)N(CCO)CCO)C(=O)O. The van der Waals surface area contributed by atoms with Crippen LogP contribution in [0.5, 0.6) is 0 Å². The van der Waals surface area contributed by atoms with Crippen molar-refractivity contribution in [1.29, 1.82) is 0 Å². The average Bonchev–Trinajstić information content (AvgIpc) is 2.72. The fraction of sp³-hybridized carbons (Fsp3) is 0.833. The van der Waals surface area contributed by atoms with Gasteiger partial charge in [-0.25, -0.2) is 0 Å². The van der Waals surface area contributed by atoms with Crippen LogP contribution in [0.3, 0.4) is 0 Å². The summed E-state index contributed by atoms with van der Waals surface area (Å²) in [6.07, 6.45) is 19.6. The van der Waals surface area contributed by atoms with Crippen LogP contribution in [0.4, 0.5) is 0 Å². The van der Waals surface area contributed by atoms with Crippen LogP contribution in [0, 0.1) is 5.92 Å². The summed E-state index contributed by atoms with van der Waals surface area (Å²) in [4.78, 5) is 24.9. The maximum Gasteiger partial charge on any atom is 0.310 e. The van der Waals surface area contributed by atoms with E-state index in [2.05, 4.69) is 6.92 Å². The number of carboxylic acids is 1. The Morgan fingerprint density at radius 1 is 0.800 bits per heavy atom. The highest BCUT2D eigenvalue weighted by Gasteiger charge is 2.21. The van der Waals surface area contributed by atoms with Gasteiger partial charge in [-0.1, -0.05) is 89.7 Å². The minimum absolute atomic E-state index is 0.105. The molecule has 6 heteroatoms. The Kier molecular flexibility index (Phi) is 19.9. The van der Waals surface area contributed by atoms with Gasteiger partial charge in [0.2, 0.25) is 5.91 Å². The van der Waals surface area contributed by atoms with E-state index in [1.54, 1.807) is 6.08 Å². The number of aliphatic carboxylic acids is 1. The number of rotatable bonds is 21. The molecule has 0 rings (SSSR count). The van der Waals surface area contributed by atoms with Gasteiger partial charge in [-0.05, 0) is 12.8 Å². The monoisotopic (exact) mass is 427 g/mol. The largest absolute Gasteiger partial charge is 0.481 e. The summed E-state index contributed by atoms with van der Waals surface area (Å²) in [6.45, 7) is 2.04. The number of unbranched alkanes of at least 4 members (excludes halogenated alkanes) is 12. The van der Waals surface area contributed by atoms with E-state index in [9.17, 15) is 14.7 Å². The summed E-state index contributed by atoms with van der Waals surface area (Å²) in [5.41, 5.74) is 0. The zero-order chi connectivity index (χ0) is 22.5. The Bertz CT molecular complexity index is 447. The topological polar surface area (TPSA) is 98.1 Å². The standard InChI is InChI=1S/C24H45NO5/c1-2-3-4-5-6-7-8-9-10-11-12-13-14-15-16-22(24(29)30)21-23(28)25(17-19-26)18-20-27/h15-16,22,26-27H,2-14,17-21H2,1H3,(H,29,30). The van der Waals surface area contributed by atoms with E-state index in [0.29, 0.717) is 0 Å². The van der Waals surface area contributed by atoms with Crippen LogP contribution in [0.25, 0.3) is 0 Å². The lowest BCUT2D eigenvalue weighted by Crippen LogP contribution is -2.37. The molecule has 0 saturated carbocycles. The third kappa shape index (κ3) is 16.4. The summed E-state index contributed by atoms with van der Waals surface area (Å²) >= 11 is 0. The molecule has 0 aliphatic carbocycles. The molecule has 0 aliphatic heterocycles. The van der Waals surface area contributed by atoms with Gasteiger partial charge in [0.1, 0.15) is 0 Å². The number of carbonyl (C=O) groups excluding carboxylic acids is 1. The van der Waals surface area contributed by atoms with Gasteiger partial charge in [0.25, 0.3) is 0 Å². The lowest BCUT2D eigenvalue weighted by atomic mass is 10.0. The Hall–Kier alpha value is -1.40. The first-order chi connectivity index (χ1) is 14.6. The van der Waals surface area contributed by atoms with E-state index in [4.69, 9.17) is 10.2 Å². The third-order valence-electron chi connectivity index (χ3n) is 5.40. The highest BCUT2D eigenvalue weighted by Crippen LogP contribution is 2.14. The number of aliphatic hydroxyl groups excluding tert-OH is 2. The second kappa shape index (κ2) is 20.9. The van der Waals surface area contributed by atoms with Crippen molar-refractivity contribution in [2.75, 3.05) is 26.3 Å². The van der Waals surface area contributed by atoms with Crippen molar-refractivity contribution in [1.82, 2.24) is 4.90 Å². The molecular formula is C24H45NO5. The second-order valence-electron chi connectivity index (χ2n) is 8.08. The summed E-state index contributed by atoms with van der Waals surface area (Å²) in [7, 11) is 0. The Morgan fingerprint density at radius 2 is 1.27 bits per heavy atom. The normalized spacial score (nSPS) is 12.4. The third-order valence-corrected chi connectivity index (χ3v) is 5.40. The lowest BCUT2D eigenvalue weighted by Gasteiger charge is -2.21. The van der Waals surface area contributed by atoms with Crippen LogP contribution >= 0.6 is 0 Å². The Labute approximate surface area is 183 Å². The van der Waals surface area contributed by atoms with Gasteiger partial charge in [0.15, 0.2) is 0 Å². The molecule has 6 nitrogen and oxygen atoms in total. The van der Waals surface area contributed by atoms with Crippen molar-refractivity contribution in [3.8, 4) is 0 Å². The molecule has 1 amide bonds. The first-order valence-electron chi connectivity index (χ1n) is 12.0. The highest BCUT2D eigenvalue weighted by molar-refractivity contribution is 5.83. The molecule has 3 N–H and O–H groups in total. The van der Waals surface area contributed by atoms with Crippen molar-refractivity contribution >= 4 is 11.9 Å². The molecule has 0 heterocycles. The quantitative estimate of drug-likeness (QED) is 0.185. The van der Waals surface area contributed by atoms with Crippen molar-refractivity contribution in [2.45, 2.75) is 96.8 Å². The van der Waals surface area contributed by atoms with Crippen molar-refractivity contribution < 1.29 is 24.9 Å². The van der Waals surface area contributed by atoms with Crippen LogP contribution in [0.2, 0.25) is 0 Å². The molecule has 0 aromatic rings. The minimum atomic E-state index is -1.03. The maximum atomic E-state index is 12.2. The molecular weight excluding hydrogens is 382 g/mol. The summed E-state index contributed by atoms with van der Waals surface area (Å²) in [6, 6.07) is 0.